The average Bonchev–Trinajstić information content (AvgIpc) is 2.71. The van der Waals surface area contributed by atoms with Crippen LogP contribution in [-0.4, -0.2) is 27.9 Å². The summed E-state index contributed by atoms with van der Waals surface area (Å²) in [7, 11) is 2.05. The van der Waals surface area contributed by atoms with E-state index in [0.717, 1.165) is 0 Å². The second-order valence-electron chi connectivity index (χ2n) is 4.33. The fourth-order valence-corrected chi connectivity index (χ4v) is 2.51. The van der Waals surface area contributed by atoms with Gasteiger partial charge < -0.3 is 5.32 Å². The molecule has 0 amide bonds. The zero-order valence-electron chi connectivity index (χ0n) is 9.39. The molecule has 0 aromatic carbocycles. The summed E-state index contributed by atoms with van der Waals surface area (Å²) in [6.45, 7) is 0. The lowest BCUT2D eigenvalue weighted by Gasteiger charge is -2.28. The maximum absolute atomic E-state index is 4.28. The quantitative estimate of drug-likeness (QED) is 0.805. The van der Waals surface area contributed by atoms with Gasteiger partial charge in [0.2, 0.25) is 0 Å². The second kappa shape index (κ2) is 5.26. The number of nitrogens with one attached hydrogen (secondary N) is 1. The monoisotopic (exact) mass is 208 g/mol. The summed E-state index contributed by atoms with van der Waals surface area (Å²) in [4.78, 5) is 4.04. The number of hydrogen-bond donors (Lipinski definition) is 1. The Hall–Kier alpha value is -0.900. The molecule has 0 aliphatic heterocycles. The molecule has 1 saturated carbocycles. The van der Waals surface area contributed by atoms with Crippen LogP contribution in [0.2, 0.25) is 0 Å². The van der Waals surface area contributed by atoms with E-state index in [-0.39, 0.29) is 0 Å². The third kappa shape index (κ3) is 2.56. The van der Waals surface area contributed by atoms with Crippen molar-refractivity contribution >= 4 is 0 Å². The van der Waals surface area contributed by atoms with Crippen molar-refractivity contribution in [2.45, 2.75) is 50.6 Å². The first-order chi connectivity index (χ1) is 7.42. The van der Waals surface area contributed by atoms with Gasteiger partial charge in [0.25, 0.3) is 0 Å². The average molecular weight is 208 g/mol. The fourth-order valence-electron chi connectivity index (χ4n) is 2.51. The van der Waals surface area contributed by atoms with Crippen LogP contribution in [0.15, 0.2) is 12.7 Å². The normalized spacial score (nSPS) is 28.3. The lowest BCUT2D eigenvalue weighted by molar-refractivity contribution is 0.277. The van der Waals surface area contributed by atoms with Gasteiger partial charge in [0.15, 0.2) is 0 Å². The molecule has 2 atom stereocenters. The summed E-state index contributed by atoms with van der Waals surface area (Å²) in [6, 6.07) is 1.03. The number of nitrogens with zero attached hydrogens (tertiary/aromatic N) is 3. The van der Waals surface area contributed by atoms with Gasteiger partial charge in [0.05, 0.1) is 6.04 Å². The minimum Gasteiger partial charge on any atom is -0.315 e. The van der Waals surface area contributed by atoms with Gasteiger partial charge in [-0.3, -0.25) is 0 Å². The van der Waals surface area contributed by atoms with Crippen LogP contribution >= 0.6 is 0 Å². The molecular formula is C11H20N4. The maximum atomic E-state index is 4.28. The van der Waals surface area contributed by atoms with Crippen molar-refractivity contribution in [1.29, 1.82) is 0 Å². The van der Waals surface area contributed by atoms with Crippen LogP contribution in [-0.2, 0) is 0 Å². The van der Waals surface area contributed by atoms with Gasteiger partial charge in [0, 0.05) is 6.04 Å². The lowest BCUT2D eigenvalue weighted by Crippen LogP contribution is -2.36. The molecule has 2 rings (SSSR count). The number of rotatable bonds is 2. The Morgan fingerprint density at radius 2 is 2.00 bits per heavy atom. The molecule has 1 aromatic heterocycles. The molecule has 1 fully saturated rings. The molecule has 2 unspecified atom stereocenters. The Kier molecular flexibility index (Phi) is 3.72. The molecule has 4 nitrogen and oxygen atoms in total. The minimum absolute atomic E-state index is 0.484. The molecule has 0 radical (unpaired) electrons. The van der Waals surface area contributed by atoms with Gasteiger partial charge in [0.1, 0.15) is 12.7 Å². The summed E-state index contributed by atoms with van der Waals surface area (Å²) in [5.74, 6) is 0. The molecule has 1 aliphatic carbocycles. The first-order valence-electron chi connectivity index (χ1n) is 5.93. The Morgan fingerprint density at radius 1 is 1.20 bits per heavy atom. The summed E-state index contributed by atoms with van der Waals surface area (Å²) in [6.07, 6.45) is 11.3. The summed E-state index contributed by atoms with van der Waals surface area (Å²) < 4.78 is 2.02. The molecule has 1 aromatic rings. The van der Waals surface area contributed by atoms with Crippen LogP contribution in [0.1, 0.15) is 44.6 Å². The third-order valence-electron chi connectivity index (χ3n) is 3.38. The Labute approximate surface area is 91.1 Å². The lowest BCUT2D eigenvalue weighted by atomic mass is 9.92. The molecule has 0 spiro atoms. The van der Waals surface area contributed by atoms with Crippen molar-refractivity contribution in [2.24, 2.45) is 0 Å². The standard InChI is InChI=1S/C11H20N4/c1-12-10-6-4-2-3-5-7-11(10)15-9-13-8-14-15/h8-12H,2-7H2,1H3. The molecule has 1 aliphatic rings. The number of aromatic nitrogens is 3. The van der Waals surface area contributed by atoms with Gasteiger partial charge in [-0.05, 0) is 19.9 Å². The van der Waals surface area contributed by atoms with E-state index < -0.39 is 0 Å². The number of likely N-dealkylation sites (N-methyl/N-ethyl adjacent to an activating group) is 1. The second-order valence-corrected chi connectivity index (χ2v) is 4.33. The van der Waals surface area contributed by atoms with Gasteiger partial charge in [-0.25, -0.2) is 9.67 Å². The van der Waals surface area contributed by atoms with Crippen LogP contribution in [0, 0.1) is 0 Å². The van der Waals surface area contributed by atoms with E-state index in [0.29, 0.717) is 12.1 Å². The molecular weight excluding hydrogens is 188 g/mol. The molecule has 1 heterocycles. The van der Waals surface area contributed by atoms with Crippen LogP contribution in [0.4, 0.5) is 0 Å². The van der Waals surface area contributed by atoms with E-state index in [2.05, 4.69) is 22.4 Å². The van der Waals surface area contributed by atoms with E-state index >= 15 is 0 Å². The molecule has 0 bridgehead atoms. The summed E-state index contributed by atoms with van der Waals surface area (Å²) in [5.41, 5.74) is 0. The van der Waals surface area contributed by atoms with E-state index in [1.54, 1.807) is 6.33 Å². The highest BCUT2D eigenvalue weighted by molar-refractivity contribution is 4.82. The smallest absolute Gasteiger partial charge is 0.137 e. The topological polar surface area (TPSA) is 42.7 Å². The predicted octanol–water partition coefficient (Wildman–Crippen LogP) is 1.76. The van der Waals surface area contributed by atoms with Crippen molar-refractivity contribution in [3.8, 4) is 0 Å². The van der Waals surface area contributed by atoms with E-state index in [9.17, 15) is 0 Å². The summed E-state index contributed by atoms with van der Waals surface area (Å²) in [5, 5.41) is 7.70. The molecule has 1 N–H and O–H groups in total. The van der Waals surface area contributed by atoms with Gasteiger partial charge in [-0.2, -0.15) is 5.10 Å². The molecule has 15 heavy (non-hydrogen) atoms. The van der Waals surface area contributed by atoms with E-state index in [4.69, 9.17) is 0 Å². The van der Waals surface area contributed by atoms with Gasteiger partial charge in [-0.15, -0.1) is 0 Å². The van der Waals surface area contributed by atoms with Crippen LogP contribution in [0.3, 0.4) is 0 Å². The number of hydrogen-bond acceptors (Lipinski definition) is 3. The maximum Gasteiger partial charge on any atom is 0.137 e. The predicted molar refractivity (Wildman–Crippen MR) is 59.6 cm³/mol. The fraction of sp³-hybridized carbons (Fsp3) is 0.818. The first kappa shape index (κ1) is 10.6. The summed E-state index contributed by atoms with van der Waals surface area (Å²) >= 11 is 0. The zero-order valence-corrected chi connectivity index (χ0v) is 9.39. The SMILES string of the molecule is CNC1CCCCCCC1n1cncn1. The van der Waals surface area contributed by atoms with Crippen LogP contribution in [0.5, 0.6) is 0 Å². The molecule has 84 valence electrons. The van der Waals surface area contributed by atoms with Gasteiger partial charge >= 0.3 is 0 Å². The van der Waals surface area contributed by atoms with Gasteiger partial charge in [-0.1, -0.05) is 25.7 Å². The third-order valence-corrected chi connectivity index (χ3v) is 3.38. The van der Waals surface area contributed by atoms with Crippen LogP contribution < -0.4 is 5.32 Å². The van der Waals surface area contributed by atoms with Crippen molar-refractivity contribution < 1.29 is 0 Å². The Bertz CT molecular complexity index is 270. The highest BCUT2D eigenvalue weighted by atomic mass is 15.3. The van der Waals surface area contributed by atoms with Crippen molar-refractivity contribution in [3.05, 3.63) is 12.7 Å². The van der Waals surface area contributed by atoms with Crippen molar-refractivity contribution in [2.75, 3.05) is 7.05 Å². The van der Waals surface area contributed by atoms with E-state index in [1.807, 2.05) is 11.0 Å². The Morgan fingerprint density at radius 3 is 2.67 bits per heavy atom. The Balaban J connectivity index is 2.09. The highest BCUT2D eigenvalue weighted by Gasteiger charge is 2.23. The van der Waals surface area contributed by atoms with E-state index in [1.165, 1.54) is 38.5 Å². The largest absolute Gasteiger partial charge is 0.315 e. The van der Waals surface area contributed by atoms with Crippen LogP contribution in [0.25, 0.3) is 0 Å². The minimum atomic E-state index is 0.484. The van der Waals surface area contributed by atoms with Crippen molar-refractivity contribution in [3.63, 3.8) is 0 Å². The zero-order chi connectivity index (χ0) is 10.5. The molecule has 4 heteroatoms. The van der Waals surface area contributed by atoms with Crippen molar-refractivity contribution in [1.82, 2.24) is 20.1 Å². The molecule has 0 saturated heterocycles. The first-order valence-corrected chi connectivity index (χ1v) is 5.93. The highest BCUT2D eigenvalue weighted by Crippen LogP contribution is 2.25.